The molecular formula is C16H23N3O. The van der Waals surface area contributed by atoms with Gasteiger partial charge in [0.15, 0.2) is 0 Å². The summed E-state index contributed by atoms with van der Waals surface area (Å²) in [6, 6.07) is 4.15. The highest BCUT2D eigenvalue weighted by atomic mass is 16.2. The van der Waals surface area contributed by atoms with Gasteiger partial charge in [-0.3, -0.25) is 4.79 Å². The summed E-state index contributed by atoms with van der Waals surface area (Å²) in [5.41, 5.74) is 0.760. The highest BCUT2D eigenvalue weighted by Crippen LogP contribution is 2.35. The summed E-state index contributed by atoms with van der Waals surface area (Å²) in [6.45, 7) is 0.914. The maximum absolute atomic E-state index is 12.8. The normalized spacial score (nSPS) is 25.9. The van der Waals surface area contributed by atoms with Gasteiger partial charge >= 0.3 is 0 Å². The molecule has 1 saturated heterocycles. The largest absolute Gasteiger partial charge is 0.373 e. The molecule has 20 heavy (non-hydrogen) atoms. The van der Waals surface area contributed by atoms with E-state index in [2.05, 4.69) is 15.2 Å². The molecule has 1 aliphatic carbocycles. The van der Waals surface area contributed by atoms with E-state index in [-0.39, 0.29) is 5.91 Å². The number of nitrogens with zero attached hydrogens (tertiary/aromatic N) is 2. The van der Waals surface area contributed by atoms with Crippen molar-refractivity contribution in [2.24, 2.45) is 5.92 Å². The third kappa shape index (κ3) is 2.51. The van der Waals surface area contributed by atoms with Gasteiger partial charge in [0.25, 0.3) is 5.91 Å². The fourth-order valence-electron chi connectivity index (χ4n) is 3.74. The molecule has 1 saturated carbocycles. The van der Waals surface area contributed by atoms with Crippen molar-refractivity contribution >= 4 is 11.7 Å². The first-order valence-electron chi connectivity index (χ1n) is 7.74. The zero-order valence-electron chi connectivity index (χ0n) is 12.1. The average molecular weight is 273 g/mol. The highest BCUT2D eigenvalue weighted by Gasteiger charge is 2.35. The van der Waals surface area contributed by atoms with E-state index in [0.29, 0.717) is 6.04 Å². The highest BCUT2D eigenvalue weighted by molar-refractivity contribution is 5.95. The van der Waals surface area contributed by atoms with E-state index in [1.165, 1.54) is 32.1 Å². The van der Waals surface area contributed by atoms with E-state index in [4.69, 9.17) is 0 Å². The molecule has 2 heterocycles. The maximum atomic E-state index is 12.8. The number of pyridine rings is 1. The Kier molecular flexibility index (Phi) is 3.90. The summed E-state index contributed by atoms with van der Waals surface area (Å²) in [4.78, 5) is 19.1. The van der Waals surface area contributed by atoms with Crippen LogP contribution in [0.3, 0.4) is 0 Å². The molecule has 1 amide bonds. The minimum absolute atomic E-state index is 0.181. The summed E-state index contributed by atoms with van der Waals surface area (Å²) in [7, 11) is 1.83. The number of anilines is 1. The van der Waals surface area contributed by atoms with Crippen molar-refractivity contribution in [2.75, 3.05) is 18.9 Å². The predicted octanol–water partition coefficient (Wildman–Crippen LogP) is 2.92. The quantitative estimate of drug-likeness (QED) is 0.901. The second-order valence-electron chi connectivity index (χ2n) is 5.93. The zero-order valence-corrected chi connectivity index (χ0v) is 12.1. The maximum Gasteiger partial charge on any atom is 0.254 e. The Hall–Kier alpha value is -1.58. The Labute approximate surface area is 120 Å². The van der Waals surface area contributed by atoms with Crippen molar-refractivity contribution in [2.45, 2.75) is 44.6 Å². The molecule has 2 fully saturated rings. The fourth-order valence-corrected chi connectivity index (χ4v) is 3.74. The third-order valence-electron chi connectivity index (χ3n) is 4.77. The Morgan fingerprint density at radius 2 is 2.10 bits per heavy atom. The fraction of sp³-hybridized carbons (Fsp3) is 0.625. The van der Waals surface area contributed by atoms with Gasteiger partial charge in [-0.1, -0.05) is 12.8 Å². The van der Waals surface area contributed by atoms with Crippen molar-refractivity contribution in [1.29, 1.82) is 0 Å². The first-order chi connectivity index (χ1) is 9.79. The van der Waals surface area contributed by atoms with Crippen LogP contribution in [0.25, 0.3) is 0 Å². The van der Waals surface area contributed by atoms with Crippen LogP contribution in [0, 0.1) is 5.92 Å². The molecule has 0 aromatic carbocycles. The van der Waals surface area contributed by atoms with E-state index < -0.39 is 0 Å². The van der Waals surface area contributed by atoms with Crippen LogP contribution >= 0.6 is 0 Å². The van der Waals surface area contributed by atoms with Gasteiger partial charge in [-0.05, 0) is 43.7 Å². The molecule has 4 heteroatoms. The van der Waals surface area contributed by atoms with E-state index in [1.807, 2.05) is 19.2 Å². The number of piperidine rings is 1. The Bertz CT molecular complexity index is 486. The molecule has 108 valence electrons. The molecule has 2 aliphatic rings. The molecule has 3 rings (SSSR count). The van der Waals surface area contributed by atoms with Crippen molar-refractivity contribution in [3.63, 3.8) is 0 Å². The van der Waals surface area contributed by atoms with E-state index in [0.717, 1.165) is 30.3 Å². The first-order valence-corrected chi connectivity index (χ1v) is 7.74. The van der Waals surface area contributed by atoms with E-state index in [1.54, 1.807) is 6.20 Å². The topological polar surface area (TPSA) is 45.2 Å². The number of hydrogen-bond donors (Lipinski definition) is 1. The lowest BCUT2D eigenvalue weighted by molar-refractivity contribution is 0.0390. The second-order valence-corrected chi connectivity index (χ2v) is 5.93. The Morgan fingerprint density at radius 3 is 2.95 bits per heavy atom. The lowest BCUT2D eigenvalue weighted by Gasteiger charge is -2.44. The van der Waals surface area contributed by atoms with Gasteiger partial charge in [-0.25, -0.2) is 4.98 Å². The monoisotopic (exact) mass is 273 g/mol. The van der Waals surface area contributed by atoms with Gasteiger partial charge in [0.1, 0.15) is 5.82 Å². The van der Waals surface area contributed by atoms with Crippen LogP contribution in [-0.2, 0) is 0 Å². The van der Waals surface area contributed by atoms with E-state index in [9.17, 15) is 4.79 Å². The van der Waals surface area contributed by atoms with Gasteiger partial charge in [0, 0.05) is 31.4 Å². The number of likely N-dealkylation sites (tertiary alicyclic amines) is 1. The van der Waals surface area contributed by atoms with Crippen molar-refractivity contribution in [3.8, 4) is 0 Å². The number of carbonyl (C=O) groups is 1. The number of rotatable bonds is 2. The van der Waals surface area contributed by atoms with Crippen LogP contribution in [-0.4, -0.2) is 35.4 Å². The number of carbonyl (C=O) groups excluding carboxylic acids is 1. The Balaban J connectivity index is 1.81. The molecule has 0 bridgehead atoms. The van der Waals surface area contributed by atoms with Crippen molar-refractivity contribution < 1.29 is 4.79 Å². The predicted molar refractivity (Wildman–Crippen MR) is 79.8 cm³/mol. The molecule has 2 atom stereocenters. The zero-order chi connectivity index (χ0) is 13.9. The summed E-state index contributed by atoms with van der Waals surface area (Å²) >= 11 is 0. The van der Waals surface area contributed by atoms with Crippen molar-refractivity contribution in [3.05, 3.63) is 23.9 Å². The van der Waals surface area contributed by atoms with Gasteiger partial charge in [0.05, 0.1) is 0 Å². The first kappa shape index (κ1) is 13.4. The minimum Gasteiger partial charge on any atom is -0.373 e. The van der Waals surface area contributed by atoms with Gasteiger partial charge < -0.3 is 10.2 Å². The van der Waals surface area contributed by atoms with Crippen LogP contribution in [0.1, 0.15) is 48.9 Å². The molecular weight excluding hydrogens is 250 g/mol. The standard InChI is InChI=1S/C16H23N3O/c1-17-15-11-13(8-9-18-15)16(20)19-10-4-6-12-5-2-3-7-14(12)19/h8-9,11-12,14H,2-7,10H2,1H3,(H,17,18). The average Bonchev–Trinajstić information content (AvgIpc) is 2.53. The number of amides is 1. The lowest BCUT2D eigenvalue weighted by Crippen LogP contribution is -2.49. The SMILES string of the molecule is CNc1cc(C(=O)N2CCCC3CCCCC32)ccn1. The van der Waals surface area contributed by atoms with Crippen LogP contribution in [0.5, 0.6) is 0 Å². The summed E-state index contributed by atoms with van der Waals surface area (Å²) in [6.07, 6.45) is 9.24. The number of fused-ring (bicyclic) bond motifs is 1. The minimum atomic E-state index is 0.181. The summed E-state index contributed by atoms with van der Waals surface area (Å²) in [5.74, 6) is 1.67. The lowest BCUT2D eigenvalue weighted by atomic mass is 9.78. The molecule has 1 aromatic rings. The second kappa shape index (κ2) is 5.81. The number of aromatic nitrogens is 1. The van der Waals surface area contributed by atoms with Crippen LogP contribution < -0.4 is 5.32 Å². The van der Waals surface area contributed by atoms with Gasteiger partial charge in [-0.2, -0.15) is 0 Å². The van der Waals surface area contributed by atoms with Crippen molar-refractivity contribution in [1.82, 2.24) is 9.88 Å². The molecule has 0 spiro atoms. The molecule has 1 aliphatic heterocycles. The molecule has 1 aromatic heterocycles. The molecule has 1 N–H and O–H groups in total. The summed E-state index contributed by atoms with van der Waals surface area (Å²) < 4.78 is 0. The Morgan fingerprint density at radius 1 is 1.30 bits per heavy atom. The van der Waals surface area contributed by atoms with E-state index >= 15 is 0 Å². The molecule has 2 unspecified atom stereocenters. The third-order valence-corrected chi connectivity index (χ3v) is 4.77. The molecule has 4 nitrogen and oxygen atoms in total. The van der Waals surface area contributed by atoms with Crippen LogP contribution in [0.4, 0.5) is 5.82 Å². The van der Waals surface area contributed by atoms with Crippen LogP contribution in [0.15, 0.2) is 18.3 Å². The van der Waals surface area contributed by atoms with Crippen LogP contribution in [0.2, 0.25) is 0 Å². The van der Waals surface area contributed by atoms with Gasteiger partial charge in [-0.15, -0.1) is 0 Å². The summed E-state index contributed by atoms with van der Waals surface area (Å²) in [5, 5.41) is 3.00. The number of nitrogens with one attached hydrogen (secondary N) is 1. The van der Waals surface area contributed by atoms with Gasteiger partial charge in [0.2, 0.25) is 0 Å². The number of hydrogen-bond acceptors (Lipinski definition) is 3. The molecule has 0 radical (unpaired) electrons. The smallest absolute Gasteiger partial charge is 0.254 e.